The van der Waals surface area contributed by atoms with Crippen LogP contribution in [0, 0.1) is 0 Å². The minimum Gasteiger partial charge on any atom is -0.444 e. The molecule has 0 aliphatic carbocycles. The number of likely N-dealkylation sites (tertiary alicyclic amines) is 1. The molecule has 2 heterocycles. The number of hydrogen-bond acceptors (Lipinski definition) is 3. The lowest BCUT2D eigenvalue weighted by molar-refractivity contribution is 0.0288. The summed E-state index contributed by atoms with van der Waals surface area (Å²) in [6.07, 6.45) is 4.36. The monoisotopic (exact) mass is 315 g/mol. The van der Waals surface area contributed by atoms with Crippen molar-refractivity contribution in [3.63, 3.8) is 0 Å². The third-order valence-corrected chi connectivity index (χ3v) is 3.17. The van der Waals surface area contributed by atoms with Crippen molar-refractivity contribution in [1.82, 2.24) is 14.7 Å². The van der Waals surface area contributed by atoms with Gasteiger partial charge >= 0.3 is 6.09 Å². The molecule has 100 valence electrons. The molecule has 1 atom stereocenters. The van der Waals surface area contributed by atoms with Gasteiger partial charge in [0.15, 0.2) is 0 Å². The molecule has 1 fully saturated rings. The topological polar surface area (TPSA) is 47.4 Å². The van der Waals surface area contributed by atoms with Crippen LogP contribution in [-0.2, 0) is 4.74 Å². The summed E-state index contributed by atoms with van der Waals surface area (Å²) in [6.45, 7) is 7.01. The van der Waals surface area contributed by atoms with Gasteiger partial charge in [0, 0.05) is 19.3 Å². The number of hydrogen-bond donors (Lipinski definition) is 0. The van der Waals surface area contributed by atoms with Crippen molar-refractivity contribution in [3.05, 3.63) is 16.9 Å². The van der Waals surface area contributed by atoms with E-state index in [1.165, 1.54) is 0 Å². The quantitative estimate of drug-likeness (QED) is 0.800. The highest BCUT2D eigenvalue weighted by molar-refractivity contribution is 9.10. The number of nitrogens with zero attached hydrogens (tertiary/aromatic N) is 3. The van der Waals surface area contributed by atoms with Crippen LogP contribution in [0.2, 0.25) is 0 Å². The van der Waals surface area contributed by atoms with Crippen molar-refractivity contribution in [1.29, 1.82) is 0 Å². The summed E-state index contributed by atoms with van der Waals surface area (Å²) in [5.74, 6) is 0. The van der Waals surface area contributed by atoms with E-state index < -0.39 is 5.60 Å². The van der Waals surface area contributed by atoms with Gasteiger partial charge in [0.2, 0.25) is 0 Å². The van der Waals surface area contributed by atoms with Crippen LogP contribution in [0.1, 0.15) is 33.2 Å². The third kappa shape index (κ3) is 3.25. The van der Waals surface area contributed by atoms with Crippen molar-refractivity contribution in [2.24, 2.45) is 0 Å². The van der Waals surface area contributed by atoms with E-state index in [2.05, 4.69) is 21.0 Å². The normalized spacial score (nSPS) is 20.2. The van der Waals surface area contributed by atoms with E-state index in [0.29, 0.717) is 6.54 Å². The Morgan fingerprint density at radius 2 is 2.28 bits per heavy atom. The maximum atomic E-state index is 11.9. The molecular formula is C12H18BrN3O2. The second-order valence-corrected chi connectivity index (χ2v) is 6.42. The molecular weight excluding hydrogens is 298 g/mol. The number of rotatable bonds is 1. The van der Waals surface area contributed by atoms with Crippen LogP contribution in [-0.4, -0.2) is 39.5 Å². The Morgan fingerprint density at radius 1 is 1.56 bits per heavy atom. The second kappa shape index (κ2) is 4.91. The molecule has 2 rings (SSSR count). The SMILES string of the molecule is CC(C)(C)OC(=O)N1CC[C@H](n2cc(Br)cn2)C1. The Morgan fingerprint density at radius 3 is 2.83 bits per heavy atom. The number of carbonyl (C=O) groups is 1. The molecule has 0 saturated carbocycles. The van der Waals surface area contributed by atoms with Crippen LogP contribution in [0.3, 0.4) is 0 Å². The molecule has 1 aromatic rings. The average Bonchev–Trinajstić information content (AvgIpc) is 2.82. The van der Waals surface area contributed by atoms with Gasteiger partial charge in [-0.3, -0.25) is 4.68 Å². The van der Waals surface area contributed by atoms with Gasteiger partial charge in [0.1, 0.15) is 5.60 Å². The smallest absolute Gasteiger partial charge is 0.410 e. The summed E-state index contributed by atoms with van der Waals surface area (Å²) in [7, 11) is 0. The minimum absolute atomic E-state index is 0.240. The second-order valence-electron chi connectivity index (χ2n) is 5.51. The van der Waals surface area contributed by atoms with E-state index in [4.69, 9.17) is 4.74 Å². The molecule has 1 saturated heterocycles. The van der Waals surface area contributed by atoms with Crippen LogP contribution in [0.5, 0.6) is 0 Å². The van der Waals surface area contributed by atoms with E-state index in [0.717, 1.165) is 17.4 Å². The fraction of sp³-hybridized carbons (Fsp3) is 0.667. The van der Waals surface area contributed by atoms with E-state index in [1.54, 1.807) is 11.1 Å². The highest BCUT2D eigenvalue weighted by Crippen LogP contribution is 2.24. The average molecular weight is 316 g/mol. The Kier molecular flexibility index (Phi) is 3.66. The molecule has 1 amide bonds. The molecule has 6 heteroatoms. The zero-order valence-corrected chi connectivity index (χ0v) is 12.5. The van der Waals surface area contributed by atoms with Gasteiger partial charge in [0.05, 0.1) is 16.7 Å². The largest absolute Gasteiger partial charge is 0.444 e. The molecule has 0 bridgehead atoms. The lowest BCUT2D eigenvalue weighted by Gasteiger charge is -2.24. The van der Waals surface area contributed by atoms with Crippen LogP contribution < -0.4 is 0 Å². The first-order valence-corrected chi connectivity index (χ1v) is 6.82. The summed E-state index contributed by atoms with van der Waals surface area (Å²) in [6, 6.07) is 0.240. The molecule has 0 unspecified atom stereocenters. The van der Waals surface area contributed by atoms with Gasteiger partial charge in [0.25, 0.3) is 0 Å². The maximum Gasteiger partial charge on any atom is 0.410 e. The summed E-state index contributed by atoms with van der Waals surface area (Å²) in [5.41, 5.74) is -0.441. The zero-order valence-electron chi connectivity index (χ0n) is 10.9. The van der Waals surface area contributed by atoms with Crippen LogP contribution in [0.25, 0.3) is 0 Å². The highest BCUT2D eigenvalue weighted by atomic mass is 79.9. The van der Waals surface area contributed by atoms with Crippen molar-refractivity contribution in [2.45, 2.75) is 38.8 Å². The van der Waals surface area contributed by atoms with Gasteiger partial charge in [-0.1, -0.05) is 0 Å². The zero-order chi connectivity index (χ0) is 13.3. The van der Waals surface area contributed by atoms with Crippen LogP contribution in [0.15, 0.2) is 16.9 Å². The van der Waals surface area contributed by atoms with Gasteiger partial charge < -0.3 is 9.64 Å². The molecule has 1 aliphatic rings. The molecule has 1 aromatic heterocycles. The maximum absolute atomic E-state index is 11.9. The predicted octanol–water partition coefficient (Wildman–Crippen LogP) is 2.83. The standard InChI is InChI=1S/C12H18BrN3O2/c1-12(2,3)18-11(17)15-5-4-10(8-15)16-7-9(13)6-14-16/h6-7,10H,4-5,8H2,1-3H3/t10-/m0/s1. The number of aromatic nitrogens is 2. The predicted molar refractivity (Wildman–Crippen MR) is 71.4 cm³/mol. The lowest BCUT2D eigenvalue weighted by Crippen LogP contribution is -2.35. The van der Waals surface area contributed by atoms with Crippen LogP contribution in [0.4, 0.5) is 4.79 Å². The number of carbonyl (C=O) groups excluding carboxylic acids is 1. The summed E-state index contributed by atoms with van der Waals surface area (Å²) < 4.78 is 8.21. The van der Waals surface area contributed by atoms with E-state index in [1.807, 2.05) is 31.6 Å². The third-order valence-electron chi connectivity index (χ3n) is 2.76. The summed E-state index contributed by atoms with van der Waals surface area (Å²) >= 11 is 3.37. The van der Waals surface area contributed by atoms with Crippen molar-refractivity contribution < 1.29 is 9.53 Å². The van der Waals surface area contributed by atoms with E-state index in [9.17, 15) is 4.79 Å². The molecule has 0 spiro atoms. The Balaban J connectivity index is 1.94. The Hall–Kier alpha value is -1.04. The van der Waals surface area contributed by atoms with Crippen LogP contribution >= 0.6 is 15.9 Å². The summed E-state index contributed by atoms with van der Waals surface area (Å²) in [4.78, 5) is 13.6. The van der Waals surface area contributed by atoms with Gasteiger partial charge in [-0.2, -0.15) is 5.10 Å². The first kappa shape index (κ1) is 13.4. The first-order valence-electron chi connectivity index (χ1n) is 6.03. The molecule has 5 nitrogen and oxygen atoms in total. The fourth-order valence-corrected chi connectivity index (χ4v) is 2.27. The molecule has 1 aliphatic heterocycles. The highest BCUT2D eigenvalue weighted by Gasteiger charge is 2.30. The van der Waals surface area contributed by atoms with Gasteiger partial charge in [-0.05, 0) is 43.1 Å². The fourth-order valence-electron chi connectivity index (χ4n) is 1.96. The molecule has 18 heavy (non-hydrogen) atoms. The molecule has 0 N–H and O–H groups in total. The molecule has 0 radical (unpaired) electrons. The van der Waals surface area contributed by atoms with Gasteiger partial charge in [-0.25, -0.2) is 4.79 Å². The minimum atomic E-state index is -0.441. The van der Waals surface area contributed by atoms with Crippen molar-refractivity contribution in [2.75, 3.05) is 13.1 Å². The Labute approximate surface area is 115 Å². The summed E-state index contributed by atoms with van der Waals surface area (Å²) in [5, 5.41) is 4.26. The molecule has 0 aromatic carbocycles. The number of halogens is 1. The number of amides is 1. The van der Waals surface area contributed by atoms with Crippen molar-refractivity contribution >= 4 is 22.0 Å². The lowest BCUT2D eigenvalue weighted by atomic mass is 10.2. The first-order chi connectivity index (χ1) is 8.35. The van der Waals surface area contributed by atoms with Gasteiger partial charge in [-0.15, -0.1) is 0 Å². The number of ether oxygens (including phenoxy) is 1. The van der Waals surface area contributed by atoms with Crippen molar-refractivity contribution in [3.8, 4) is 0 Å². The Bertz CT molecular complexity index is 439. The van der Waals surface area contributed by atoms with E-state index in [-0.39, 0.29) is 12.1 Å². The van der Waals surface area contributed by atoms with E-state index >= 15 is 0 Å².